The Morgan fingerprint density at radius 2 is 2.12 bits per heavy atom. The smallest absolute Gasteiger partial charge is 0.0931 e. The quantitative estimate of drug-likeness (QED) is 0.846. The number of halogens is 1. The standard InChI is InChI=1S/C14H20ClNO/c1-9-5-10(2)14(12(15)6-9)13(17)8-16-7-11-3-4-11/h5-6,11,13,16-17H,3-4,7-8H2,1-2H3. The first-order valence-corrected chi connectivity index (χ1v) is 6.61. The van der Waals surface area contributed by atoms with Crippen LogP contribution in [0, 0.1) is 19.8 Å². The third-order valence-electron chi connectivity index (χ3n) is 3.28. The first-order chi connectivity index (χ1) is 8.08. The molecule has 0 radical (unpaired) electrons. The van der Waals surface area contributed by atoms with Gasteiger partial charge in [0.25, 0.3) is 0 Å². The lowest BCUT2D eigenvalue weighted by Gasteiger charge is -2.17. The average molecular weight is 254 g/mol. The van der Waals surface area contributed by atoms with Crippen molar-refractivity contribution in [1.29, 1.82) is 0 Å². The average Bonchev–Trinajstić information content (AvgIpc) is 2.99. The van der Waals surface area contributed by atoms with Gasteiger partial charge in [0.15, 0.2) is 0 Å². The van der Waals surface area contributed by atoms with Crippen molar-refractivity contribution < 1.29 is 5.11 Å². The van der Waals surface area contributed by atoms with Gasteiger partial charge in [-0.25, -0.2) is 0 Å². The Morgan fingerprint density at radius 1 is 1.41 bits per heavy atom. The Labute approximate surface area is 108 Å². The molecule has 1 aliphatic rings. The lowest BCUT2D eigenvalue weighted by molar-refractivity contribution is 0.174. The zero-order valence-corrected chi connectivity index (χ0v) is 11.2. The van der Waals surface area contributed by atoms with Gasteiger partial charge in [0.2, 0.25) is 0 Å². The van der Waals surface area contributed by atoms with Crippen molar-refractivity contribution >= 4 is 11.6 Å². The van der Waals surface area contributed by atoms with Gasteiger partial charge in [-0.1, -0.05) is 17.7 Å². The molecule has 1 saturated carbocycles. The summed E-state index contributed by atoms with van der Waals surface area (Å²) in [6, 6.07) is 3.97. The normalized spacial score (nSPS) is 17.2. The molecule has 1 aliphatic carbocycles. The van der Waals surface area contributed by atoms with Crippen LogP contribution in [0.25, 0.3) is 0 Å². The fourth-order valence-corrected chi connectivity index (χ4v) is 2.64. The highest BCUT2D eigenvalue weighted by Crippen LogP contribution is 2.29. The molecule has 0 aromatic heterocycles. The van der Waals surface area contributed by atoms with E-state index >= 15 is 0 Å². The Bertz CT molecular complexity index is 378. The van der Waals surface area contributed by atoms with E-state index in [9.17, 15) is 5.11 Å². The molecular formula is C14H20ClNO. The van der Waals surface area contributed by atoms with Crippen LogP contribution < -0.4 is 5.32 Å². The zero-order valence-electron chi connectivity index (χ0n) is 10.5. The summed E-state index contributed by atoms with van der Waals surface area (Å²) in [5.74, 6) is 0.830. The van der Waals surface area contributed by atoms with Gasteiger partial charge >= 0.3 is 0 Å². The molecule has 0 spiro atoms. The predicted octanol–water partition coefficient (Wildman–Crippen LogP) is 2.99. The summed E-state index contributed by atoms with van der Waals surface area (Å²) in [6.07, 6.45) is 2.14. The second-order valence-electron chi connectivity index (χ2n) is 5.09. The molecule has 0 heterocycles. The number of rotatable bonds is 5. The predicted molar refractivity (Wildman–Crippen MR) is 71.5 cm³/mol. The largest absolute Gasteiger partial charge is 0.387 e. The van der Waals surface area contributed by atoms with Crippen molar-refractivity contribution in [3.05, 3.63) is 33.8 Å². The number of benzene rings is 1. The fourth-order valence-electron chi connectivity index (χ4n) is 2.20. The molecule has 1 fully saturated rings. The molecule has 0 amide bonds. The summed E-state index contributed by atoms with van der Waals surface area (Å²) in [5, 5.41) is 14.1. The minimum absolute atomic E-state index is 0.512. The molecule has 1 aromatic rings. The molecule has 0 aliphatic heterocycles. The molecule has 3 heteroatoms. The van der Waals surface area contributed by atoms with Gasteiger partial charge in [-0.3, -0.25) is 0 Å². The van der Waals surface area contributed by atoms with Crippen molar-refractivity contribution in [2.75, 3.05) is 13.1 Å². The lowest BCUT2D eigenvalue weighted by Crippen LogP contribution is -2.24. The van der Waals surface area contributed by atoms with E-state index in [0.29, 0.717) is 11.6 Å². The van der Waals surface area contributed by atoms with Gasteiger partial charge in [0.05, 0.1) is 6.10 Å². The minimum atomic E-state index is -0.512. The summed E-state index contributed by atoms with van der Waals surface area (Å²) >= 11 is 6.20. The summed E-state index contributed by atoms with van der Waals surface area (Å²) in [6.45, 7) is 5.61. The van der Waals surface area contributed by atoms with Gasteiger partial charge in [-0.15, -0.1) is 0 Å². The number of hydrogen-bond acceptors (Lipinski definition) is 2. The van der Waals surface area contributed by atoms with E-state index in [1.165, 1.54) is 12.8 Å². The van der Waals surface area contributed by atoms with E-state index in [1.807, 2.05) is 19.9 Å². The SMILES string of the molecule is Cc1cc(C)c(C(O)CNCC2CC2)c(Cl)c1. The van der Waals surface area contributed by atoms with Gasteiger partial charge in [-0.2, -0.15) is 0 Å². The van der Waals surface area contributed by atoms with Crippen LogP contribution in [-0.4, -0.2) is 18.2 Å². The van der Waals surface area contributed by atoms with E-state index in [1.54, 1.807) is 0 Å². The van der Waals surface area contributed by atoms with Crippen LogP contribution in [0.15, 0.2) is 12.1 Å². The molecule has 2 rings (SSSR count). The number of hydrogen-bond donors (Lipinski definition) is 2. The highest BCUT2D eigenvalue weighted by molar-refractivity contribution is 6.31. The molecule has 17 heavy (non-hydrogen) atoms. The molecule has 2 N–H and O–H groups in total. The Morgan fingerprint density at radius 3 is 2.71 bits per heavy atom. The third kappa shape index (κ3) is 3.44. The monoisotopic (exact) mass is 253 g/mol. The minimum Gasteiger partial charge on any atom is -0.387 e. The highest BCUT2D eigenvalue weighted by atomic mass is 35.5. The van der Waals surface area contributed by atoms with Gasteiger partial charge in [-0.05, 0) is 56.3 Å². The fraction of sp³-hybridized carbons (Fsp3) is 0.571. The molecule has 0 saturated heterocycles. The second-order valence-corrected chi connectivity index (χ2v) is 5.50. The number of aliphatic hydroxyl groups excluding tert-OH is 1. The van der Waals surface area contributed by atoms with Crippen LogP contribution in [-0.2, 0) is 0 Å². The van der Waals surface area contributed by atoms with Gasteiger partial charge in [0.1, 0.15) is 0 Å². The summed E-state index contributed by atoms with van der Waals surface area (Å²) in [5.41, 5.74) is 3.06. The van der Waals surface area contributed by atoms with Crippen LogP contribution >= 0.6 is 11.6 Å². The van der Waals surface area contributed by atoms with Crippen molar-refractivity contribution in [3.63, 3.8) is 0 Å². The first-order valence-electron chi connectivity index (χ1n) is 6.23. The highest BCUT2D eigenvalue weighted by Gasteiger charge is 2.21. The van der Waals surface area contributed by atoms with Crippen LogP contribution in [0.4, 0.5) is 0 Å². The third-order valence-corrected chi connectivity index (χ3v) is 3.59. The van der Waals surface area contributed by atoms with E-state index in [-0.39, 0.29) is 0 Å². The summed E-state index contributed by atoms with van der Waals surface area (Å²) in [4.78, 5) is 0. The zero-order chi connectivity index (χ0) is 12.4. The molecule has 1 unspecified atom stereocenters. The first kappa shape index (κ1) is 12.9. The van der Waals surface area contributed by atoms with Crippen LogP contribution in [0.3, 0.4) is 0 Å². The molecule has 2 nitrogen and oxygen atoms in total. The summed E-state index contributed by atoms with van der Waals surface area (Å²) < 4.78 is 0. The Hall–Kier alpha value is -0.570. The maximum Gasteiger partial charge on any atom is 0.0931 e. The molecule has 1 aromatic carbocycles. The van der Waals surface area contributed by atoms with E-state index in [4.69, 9.17) is 11.6 Å². The topological polar surface area (TPSA) is 32.3 Å². The molecule has 1 atom stereocenters. The van der Waals surface area contributed by atoms with Crippen molar-refractivity contribution in [3.8, 4) is 0 Å². The number of aliphatic hydroxyl groups is 1. The second kappa shape index (κ2) is 5.38. The lowest BCUT2D eigenvalue weighted by atomic mass is 10.0. The van der Waals surface area contributed by atoms with Crippen molar-refractivity contribution in [1.82, 2.24) is 5.32 Å². The Balaban J connectivity index is 1.99. The van der Waals surface area contributed by atoms with Crippen LogP contribution in [0.5, 0.6) is 0 Å². The Kier molecular flexibility index (Phi) is 4.08. The molecular weight excluding hydrogens is 234 g/mol. The maximum absolute atomic E-state index is 10.2. The van der Waals surface area contributed by atoms with Crippen LogP contribution in [0.1, 0.15) is 35.6 Å². The van der Waals surface area contributed by atoms with Crippen molar-refractivity contribution in [2.24, 2.45) is 5.92 Å². The van der Waals surface area contributed by atoms with E-state index in [0.717, 1.165) is 29.2 Å². The van der Waals surface area contributed by atoms with Gasteiger partial charge in [0, 0.05) is 17.1 Å². The summed E-state index contributed by atoms with van der Waals surface area (Å²) in [7, 11) is 0. The van der Waals surface area contributed by atoms with Gasteiger partial charge < -0.3 is 10.4 Å². The molecule has 94 valence electrons. The molecule has 0 bridgehead atoms. The van der Waals surface area contributed by atoms with E-state index < -0.39 is 6.10 Å². The van der Waals surface area contributed by atoms with E-state index in [2.05, 4.69) is 11.4 Å². The maximum atomic E-state index is 10.2. The van der Waals surface area contributed by atoms with Crippen molar-refractivity contribution in [2.45, 2.75) is 32.8 Å². The number of aryl methyl sites for hydroxylation is 2. The number of nitrogens with one attached hydrogen (secondary N) is 1. The van der Waals surface area contributed by atoms with Crippen LogP contribution in [0.2, 0.25) is 5.02 Å².